The van der Waals surface area contributed by atoms with Crippen LogP contribution >= 0.6 is 11.3 Å². The Labute approximate surface area is 133 Å². The van der Waals surface area contributed by atoms with Crippen LogP contribution in [0.15, 0.2) is 22.0 Å². The topological polar surface area (TPSA) is 68.3 Å². The summed E-state index contributed by atoms with van der Waals surface area (Å²) in [6, 6.07) is 2.03. The van der Waals surface area contributed by atoms with E-state index < -0.39 is 0 Å². The van der Waals surface area contributed by atoms with Crippen LogP contribution in [0.1, 0.15) is 31.5 Å². The molecule has 0 unspecified atom stereocenters. The van der Waals surface area contributed by atoms with E-state index in [2.05, 4.69) is 29.1 Å². The molecule has 6 heteroatoms. The molecule has 3 rings (SSSR count). The molecule has 0 aliphatic heterocycles. The maximum Gasteiger partial charge on any atom is 0.332 e. The molecule has 0 radical (unpaired) electrons. The molecule has 2 heterocycles. The summed E-state index contributed by atoms with van der Waals surface area (Å²) in [5, 5.41) is 6.32. The molecule has 0 saturated carbocycles. The van der Waals surface area contributed by atoms with Crippen LogP contribution in [0.25, 0.3) is 17.5 Å². The Bertz CT molecular complexity index is 774. The molecule has 2 aromatic heterocycles. The minimum atomic E-state index is 0.0770. The normalized spacial score (nSPS) is 13.7. The molecule has 0 atom stereocenters. The van der Waals surface area contributed by atoms with Gasteiger partial charge in [-0.3, -0.25) is 10.1 Å². The van der Waals surface area contributed by atoms with Gasteiger partial charge in [0.1, 0.15) is 0 Å². The van der Waals surface area contributed by atoms with Gasteiger partial charge < -0.3 is 9.72 Å². The largest absolute Gasteiger partial charge is 0.501 e. The van der Waals surface area contributed by atoms with Crippen molar-refractivity contribution in [1.29, 1.82) is 0 Å². The van der Waals surface area contributed by atoms with E-state index in [1.807, 2.05) is 11.5 Å². The highest BCUT2D eigenvalue weighted by Gasteiger charge is 2.18. The lowest BCUT2D eigenvalue weighted by Gasteiger charge is -2.15. The van der Waals surface area contributed by atoms with Crippen molar-refractivity contribution < 1.29 is 9.72 Å². The molecule has 1 aliphatic rings. The van der Waals surface area contributed by atoms with Gasteiger partial charge in [-0.05, 0) is 26.3 Å². The van der Waals surface area contributed by atoms with E-state index in [4.69, 9.17) is 4.74 Å². The predicted octanol–water partition coefficient (Wildman–Crippen LogP) is 2.67. The van der Waals surface area contributed by atoms with Gasteiger partial charge in [0.25, 0.3) is 0 Å². The molecule has 0 amide bonds. The number of nitrogens with one attached hydrogen (secondary N) is 3. The molecule has 0 fully saturated rings. The van der Waals surface area contributed by atoms with Crippen LogP contribution in [0.2, 0.25) is 0 Å². The van der Waals surface area contributed by atoms with Crippen LogP contribution in [-0.2, 0) is 11.2 Å². The smallest absolute Gasteiger partial charge is 0.332 e. The van der Waals surface area contributed by atoms with Crippen molar-refractivity contribution in [3.63, 3.8) is 0 Å². The second-order valence-corrected chi connectivity index (χ2v) is 6.54. The molecule has 116 valence electrons. The van der Waals surface area contributed by atoms with E-state index in [9.17, 15) is 4.79 Å². The first kappa shape index (κ1) is 14.8. The molecule has 0 aromatic carbocycles. The number of rotatable bonds is 4. The monoisotopic (exact) mass is 318 g/mol. The fraction of sp³-hybridized carbons (Fsp3) is 0.375. The molecule has 22 heavy (non-hydrogen) atoms. The average Bonchev–Trinajstić information content (AvgIpc) is 2.94. The van der Waals surface area contributed by atoms with Crippen molar-refractivity contribution in [2.45, 2.75) is 32.7 Å². The number of fused-ring (bicyclic) bond motifs is 1. The van der Waals surface area contributed by atoms with Gasteiger partial charge in [-0.1, -0.05) is 11.3 Å². The number of hydrogen-bond acceptors (Lipinski definition) is 4. The molecular formula is C16H20N3O2S+. The second kappa shape index (κ2) is 5.96. The summed E-state index contributed by atoms with van der Waals surface area (Å²) in [5.74, 6) is 0.900. The number of aromatic amines is 2. The van der Waals surface area contributed by atoms with E-state index in [0.29, 0.717) is 6.04 Å². The second-order valence-electron chi connectivity index (χ2n) is 5.66. The predicted molar refractivity (Wildman–Crippen MR) is 89.0 cm³/mol. The SMILES string of the molecule is COC1=Cc2[nH]c(-c3csc(NC(C)C)[nH+]3)cc(=O)c2CC1. The minimum absolute atomic E-state index is 0.0770. The number of aromatic nitrogens is 2. The fourth-order valence-electron chi connectivity index (χ4n) is 2.54. The summed E-state index contributed by atoms with van der Waals surface area (Å²) < 4.78 is 5.30. The van der Waals surface area contributed by atoms with Crippen molar-refractivity contribution in [3.8, 4) is 11.4 Å². The quantitative estimate of drug-likeness (QED) is 0.910. The van der Waals surface area contributed by atoms with Crippen molar-refractivity contribution in [2.75, 3.05) is 12.4 Å². The van der Waals surface area contributed by atoms with Crippen molar-refractivity contribution in [1.82, 2.24) is 4.98 Å². The Kier molecular flexibility index (Phi) is 4.02. The average molecular weight is 318 g/mol. The summed E-state index contributed by atoms with van der Waals surface area (Å²) in [6.07, 6.45) is 3.42. The number of methoxy groups -OCH3 is 1. The number of ether oxygens (including phenoxy) is 1. The van der Waals surface area contributed by atoms with Gasteiger partial charge >= 0.3 is 5.13 Å². The minimum Gasteiger partial charge on any atom is -0.501 e. The fourth-order valence-corrected chi connectivity index (χ4v) is 3.43. The third kappa shape index (κ3) is 2.92. The molecule has 1 aliphatic carbocycles. The molecule has 2 aromatic rings. The van der Waals surface area contributed by atoms with Crippen LogP contribution in [0, 0.1) is 0 Å². The van der Waals surface area contributed by atoms with E-state index >= 15 is 0 Å². The number of anilines is 1. The van der Waals surface area contributed by atoms with E-state index in [-0.39, 0.29) is 5.43 Å². The standard InChI is InChI=1S/C16H19N3O2S/c1-9(2)17-16-19-14(8-22-16)13-7-15(20)11-5-4-10(21-3)6-12(11)18-13/h6-9H,4-5H2,1-3H3,(H,17,19)(H,18,20)/p+1. The van der Waals surface area contributed by atoms with E-state index in [0.717, 1.165) is 46.4 Å². The number of hydrogen-bond donors (Lipinski definition) is 2. The number of H-pyrrole nitrogens is 2. The first-order valence-electron chi connectivity index (χ1n) is 7.35. The molecule has 3 N–H and O–H groups in total. The summed E-state index contributed by atoms with van der Waals surface area (Å²) in [7, 11) is 1.66. The van der Waals surface area contributed by atoms with Crippen LogP contribution in [0.5, 0.6) is 0 Å². The molecular weight excluding hydrogens is 298 g/mol. The zero-order chi connectivity index (χ0) is 15.7. The van der Waals surface area contributed by atoms with Crippen LogP contribution < -0.4 is 15.7 Å². The zero-order valence-corrected chi connectivity index (χ0v) is 13.8. The lowest BCUT2D eigenvalue weighted by Crippen LogP contribution is -2.19. The van der Waals surface area contributed by atoms with Gasteiger partial charge in [-0.15, -0.1) is 0 Å². The first-order chi connectivity index (χ1) is 10.6. The highest BCUT2D eigenvalue weighted by molar-refractivity contribution is 7.13. The summed E-state index contributed by atoms with van der Waals surface area (Å²) in [4.78, 5) is 19.0. The summed E-state index contributed by atoms with van der Waals surface area (Å²) >= 11 is 1.59. The summed E-state index contributed by atoms with van der Waals surface area (Å²) in [5.41, 5.74) is 3.47. The number of thiazole rings is 1. The third-order valence-electron chi connectivity index (χ3n) is 3.61. The Morgan fingerprint density at radius 2 is 2.23 bits per heavy atom. The Hall–Kier alpha value is -2.08. The number of allylic oxidation sites excluding steroid dienone is 1. The lowest BCUT2D eigenvalue weighted by molar-refractivity contribution is -0.341. The number of pyridine rings is 1. The van der Waals surface area contributed by atoms with Gasteiger partial charge in [0.05, 0.1) is 24.6 Å². The molecule has 5 nitrogen and oxygen atoms in total. The highest BCUT2D eigenvalue weighted by atomic mass is 32.1. The van der Waals surface area contributed by atoms with Crippen molar-refractivity contribution >= 4 is 22.5 Å². The Balaban J connectivity index is 1.99. The van der Waals surface area contributed by atoms with Gasteiger partial charge in [-0.2, -0.15) is 0 Å². The van der Waals surface area contributed by atoms with Gasteiger partial charge in [0.2, 0.25) is 0 Å². The van der Waals surface area contributed by atoms with E-state index in [1.54, 1.807) is 24.5 Å². The maximum absolute atomic E-state index is 12.3. The first-order valence-corrected chi connectivity index (χ1v) is 8.23. The molecule has 0 bridgehead atoms. The van der Waals surface area contributed by atoms with Crippen molar-refractivity contribution in [2.24, 2.45) is 0 Å². The lowest BCUT2D eigenvalue weighted by atomic mass is 9.99. The van der Waals surface area contributed by atoms with E-state index in [1.165, 1.54) is 0 Å². The third-order valence-corrected chi connectivity index (χ3v) is 4.42. The van der Waals surface area contributed by atoms with Crippen molar-refractivity contribution in [3.05, 3.63) is 38.7 Å². The van der Waals surface area contributed by atoms with Gasteiger partial charge in [0, 0.05) is 29.1 Å². The van der Waals surface area contributed by atoms with Gasteiger partial charge in [-0.25, -0.2) is 4.98 Å². The van der Waals surface area contributed by atoms with Crippen LogP contribution in [0.4, 0.5) is 5.13 Å². The van der Waals surface area contributed by atoms with Gasteiger partial charge in [0.15, 0.2) is 11.1 Å². The van der Waals surface area contributed by atoms with Crippen LogP contribution in [0.3, 0.4) is 0 Å². The van der Waals surface area contributed by atoms with Crippen LogP contribution in [-0.4, -0.2) is 18.1 Å². The molecule has 0 spiro atoms. The maximum atomic E-state index is 12.3. The Morgan fingerprint density at radius 3 is 2.95 bits per heavy atom. The Morgan fingerprint density at radius 1 is 1.41 bits per heavy atom. The summed E-state index contributed by atoms with van der Waals surface area (Å²) in [6.45, 7) is 4.18. The highest BCUT2D eigenvalue weighted by Crippen LogP contribution is 2.24. The zero-order valence-electron chi connectivity index (χ0n) is 12.9. The molecule has 0 saturated heterocycles.